The lowest BCUT2D eigenvalue weighted by Crippen LogP contribution is -2.02. The third kappa shape index (κ3) is 2.01. The van der Waals surface area contributed by atoms with Gasteiger partial charge in [0.15, 0.2) is 11.6 Å². The van der Waals surface area contributed by atoms with Crippen LogP contribution in [0.4, 0.5) is 4.39 Å². The number of pyridine rings is 1. The van der Waals surface area contributed by atoms with E-state index >= 15 is 0 Å². The lowest BCUT2D eigenvalue weighted by molar-refractivity contribution is 0.418. The van der Waals surface area contributed by atoms with Crippen LogP contribution >= 0.6 is 0 Å². The van der Waals surface area contributed by atoms with Crippen molar-refractivity contribution < 1.29 is 9.13 Å². The standard InChI is InChI=1S/C10H11FN4O/c1-15-6-8(5-14-15)16-10-9(11)7(4-12)2-3-13-10/h2-3,5-6H,4,12H2,1H3. The van der Waals surface area contributed by atoms with E-state index in [0.29, 0.717) is 11.3 Å². The molecule has 0 saturated carbocycles. The van der Waals surface area contributed by atoms with E-state index in [4.69, 9.17) is 10.5 Å². The second kappa shape index (κ2) is 4.28. The minimum atomic E-state index is -0.533. The van der Waals surface area contributed by atoms with Gasteiger partial charge < -0.3 is 10.5 Å². The van der Waals surface area contributed by atoms with Gasteiger partial charge in [-0.15, -0.1) is 0 Å². The summed E-state index contributed by atoms with van der Waals surface area (Å²) in [6, 6.07) is 1.52. The smallest absolute Gasteiger partial charge is 0.256 e. The van der Waals surface area contributed by atoms with Crippen molar-refractivity contribution in [1.29, 1.82) is 0 Å². The highest BCUT2D eigenvalue weighted by molar-refractivity contribution is 5.27. The van der Waals surface area contributed by atoms with Gasteiger partial charge in [0.05, 0.1) is 12.4 Å². The first kappa shape index (κ1) is 10.6. The minimum Gasteiger partial charge on any atom is -0.433 e. The van der Waals surface area contributed by atoms with Crippen LogP contribution in [0.2, 0.25) is 0 Å². The highest BCUT2D eigenvalue weighted by Gasteiger charge is 2.11. The summed E-state index contributed by atoms with van der Waals surface area (Å²) in [6.45, 7) is 0.109. The molecule has 2 N–H and O–H groups in total. The monoisotopic (exact) mass is 222 g/mol. The molecule has 0 bridgehead atoms. The number of hydrogen-bond acceptors (Lipinski definition) is 4. The Balaban J connectivity index is 2.28. The Hall–Kier alpha value is -1.95. The fourth-order valence-electron chi connectivity index (χ4n) is 1.25. The van der Waals surface area contributed by atoms with Crippen LogP contribution in [0.3, 0.4) is 0 Å². The molecule has 0 aliphatic carbocycles. The first-order chi connectivity index (χ1) is 7.70. The van der Waals surface area contributed by atoms with Gasteiger partial charge in [-0.05, 0) is 6.07 Å². The highest BCUT2D eigenvalue weighted by atomic mass is 19.1. The van der Waals surface area contributed by atoms with Gasteiger partial charge in [-0.25, -0.2) is 9.37 Å². The minimum absolute atomic E-state index is 0.0871. The van der Waals surface area contributed by atoms with E-state index in [1.165, 1.54) is 18.5 Å². The van der Waals surface area contributed by atoms with Crippen LogP contribution in [0.5, 0.6) is 11.6 Å². The molecule has 0 atom stereocenters. The number of aromatic nitrogens is 3. The molecule has 2 aromatic rings. The van der Waals surface area contributed by atoms with Crippen molar-refractivity contribution in [1.82, 2.24) is 14.8 Å². The Morgan fingerprint density at radius 2 is 2.38 bits per heavy atom. The fourth-order valence-corrected chi connectivity index (χ4v) is 1.25. The van der Waals surface area contributed by atoms with Crippen LogP contribution in [0.1, 0.15) is 5.56 Å². The molecule has 2 aromatic heterocycles. The zero-order valence-electron chi connectivity index (χ0n) is 8.72. The second-order valence-electron chi connectivity index (χ2n) is 3.25. The Kier molecular flexibility index (Phi) is 2.82. The van der Waals surface area contributed by atoms with Crippen molar-refractivity contribution in [3.63, 3.8) is 0 Å². The summed E-state index contributed by atoms with van der Waals surface area (Å²) < 4.78 is 20.5. The molecular weight excluding hydrogens is 211 g/mol. The summed E-state index contributed by atoms with van der Waals surface area (Å²) in [5, 5.41) is 3.90. The summed E-state index contributed by atoms with van der Waals surface area (Å²) in [4.78, 5) is 3.80. The predicted molar refractivity (Wildman–Crippen MR) is 55.4 cm³/mol. The number of rotatable bonds is 3. The molecule has 0 aliphatic heterocycles. The van der Waals surface area contributed by atoms with Crippen LogP contribution < -0.4 is 10.5 Å². The average molecular weight is 222 g/mol. The SMILES string of the molecule is Cn1cc(Oc2nccc(CN)c2F)cn1. The third-order valence-corrected chi connectivity index (χ3v) is 2.05. The van der Waals surface area contributed by atoms with E-state index in [1.54, 1.807) is 17.9 Å². The Labute approximate surface area is 91.7 Å². The Morgan fingerprint density at radius 1 is 1.56 bits per heavy atom. The van der Waals surface area contributed by atoms with E-state index in [0.717, 1.165) is 0 Å². The zero-order chi connectivity index (χ0) is 11.5. The second-order valence-corrected chi connectivity index (χ2v) is 3.25. The van der Waals surface area contributed by atoms with Crippen molar-refractivity contribution in [3.05, 3.63) is 36.0 Å². The molecular formula is C10H11FN4O. The molecule has 0 amide bonds. The van der Waals surface area contributed by atoms with Gasteiger partial charge in [0.25, 0.3) is 5.88 Å². The van der Waals surface area contributed by atoms with E-state index in [1.807, 2.05) is 0 Å². The molecule has 16 heavy (non-hydrogen) atoms. The molecule has 2 rings (SSSR count). The largest absolute Gasteiger partial charge is 0.433 e. The van der Waals surface area contributed by atoms with Gasteiger partial charge >= 0.3 is 0 Å². The van der Waals surface area contributed by atoms with Crippen molar-refractivity contribution >= 4 is 0 Å². The Bertz CT molecular complexity index is 497. The molecule has 0 spiro atoms. The van der Waals surface area contributed by atoms with Crippen molar-refractivity contribution in [2.75, 3.05) is 0 Å². The van der Waals surface area contributed by atoms with Crippen LogP contribution in [0, 0.1) is 5.82 Å². The topological polar surface area (TPSA) is 66.0 Å². The van der Waals surface area contributed by atoms with Gasteiger partial charge in [-0.1, -0.05) is 0 Å². The van der Waals surface area contributed by atoms with Crippen LogP contribution in [0.25, 0.3) is 0 Å². The maximum absolute atomic E-state index is 13.7. The summed E-state index contributed by atoms with van der Waals surface area (Å²) in [7, 11) is 1.74. The van der Waals surface area contributed by atoms with Gasteiger partial charge in [-0.2, -0.15) is 5.10 Å². The Morgan fingerprint density at radius 3 is 3.00 bits per heavy atom. The first-order valence-corrected chi connectivity index (χ1v) is 4.70. The van der Waals surface area contributed by atoms with Crippen molar-refractivity contribution in [2.24, 2.45) is 12.8 Å². The number of nitrogens with two attached hydrogens (primary N) is 1. The fraction of sp³-hybridized carbons (Fsp3) is 0.200. The molecule has 0 unspecified atom stereocenters. The number of ether oxygens (including phenoxy) is 1. The number of nitrogens with zero attached hydrogens (tertiary/aromatic N) is 3. The average Bonchev–Trinajstić information content (AvgIpc) is 2.67. The number of hydrogen-bond donors (Lipinski definition) is 1. The van der Waals surface area contributed by atoms with Crippen molar-refractivity contribution in [2.45, 2.75) is 6.54 Å². The quantitative estimate of drug-likeness (QED) is 0.847. The van der Waals surface area contributed by atoms with Gasteiger partial charge in [-0.3, -0.25) is 4.68 Å². The summed E-state index contributed by atoms with van der Waals surface area (Å²) >= 11 is 0. The van der Waals surface area contributed by atoms with E-state index in [9.17, 15) is 4.39 Å². The summed E-state index contributed by atoms with van der Waals surface area (Å²) in [6.07, 6.45) is 4.56. The third-order valence-electron chi connectivity index (χ3n) is 2.05. The lowest BCUT2D eigenvalue weighted by Gasteiger charge is -2.05. The van der Waals surface area contributed by atoms with Crippen LogP contribution in [-0.4, -0.2) is 14.8 Å². The summed E-state index contributed by atoms with van der Waals surface area (Å²) in [5.74, 6) is -0.187. The molecule has 6 heteroatoms. The predicted octanol–water partition coefficient (Wildman–Crippen LogP) is 1.21. The maximum Gasteiger partial charge on any atom is 0.256 e. The summed E-state index contributed by atoms with van der Waals surface area (Å²) in [5.41, 5.74) is 5.75. The first-order valence-electron chi connectivity index (χ1n) is 4.70. The van der Waals surface area contributed by atoms with Crippen molar-refractivity contribution in [3.8, 4) is 11.6 Å². The highest BCUT2D eigenvalue weighted by Crippen LogP contribution is 2.23. The maximum atomic E-state index is 13.7. The molecule has 84 valence electrons. The van der Waals surface area contributed by atoms with E-state index in [-0.39, 0.29) is 12.4 Å². The van der Waals surface area contributed by atoms with Crippen LogP contribution in [0.15, 0.2) is 24.7 Å². The number of aryl methyl sites for hydroxylation is 1. The van der Waals surface area contributed by atoms with E-state index in [2.05, 4.69) is 10.1 Å². The molecule has 0 aliphatic rings. The van der Waals surface area contributed by atoms with Gasteiger partial charge in [0.2, 0.25) is 0 Å². The van der Waals surface area contributed by atoms with Gasteiger partial charge in [0, 0.05) is 25.4 Å². The normalized spacial score (nSPS) is 10.4. The lowest BCUT2D eigenvalue weighted by atomic mass is 10.2. The van der Waals surface area contributed by atoms with Gasteiger partial charge in [0.1, 0.15) is 0 Å². The zero-order valence-corrected chi connectivity index (χ0v) is 8.72. The molecule has 0 fully saturated rings. The number of halogens is 1. The molecule has 0 saturated heterocycles. The molecule has 0 aromatic carbocycles. The molecule has 5 nitrogen and oxygen atoms in total. The molecule has 2 heterocycles. The van der Waals surface area contributed by atoms with E-state index < -0.39 is 5.82 Å². The van der Waals surface area contributed by atoms with Crippen LogP contribution in [-0.2, 0) is 13.6 Å². The molecule has 0 radical (unpaired) electrons.